The van der Waals surface area contributed by atoms with Crippen molar-refractivity contribution in [1.29, 1.82) is 0 Å². The summed E-state index contributed by atoms with van der Waals surface area (Å²) in [5.74, 6) is 0.0988. The van der Waals surface area contributed by atoms with E-state index in [1.165, 1.54) is 11.9 Å². The van der Waals surface area contributed by atoms with Gasteiger partial charge in [0.15, 0.2) is 5.78 Å². The number of nitrogens with zero attached hydrogens (tertiary/aromatic N) is 2. The van der Waals surface area contributed by atoms with Crippen LogP contribution in [-0.4, -0.2) is 15.8 Å². The molecule has 2 rings (SSSR count). The molecule has 0 amide bonds. The van der Waals surface area contributed by atoms with Crippen LogP contribution >= 0.6 is 0 Å². The van der Waals surface area contributed by atoms with Gasteiger partial charge < -0.3 is 0 Å². The Morgan fingerprint density at radius 1 is 1.20 bits per heavy atom. The molecular formula is C17H20N2O. The molecule has 0 aliphatic heterocycles. The van der Waals surface area contributed by atoms with Crippen molar-refractivity contribution in [1.82, 2.24) is 9.97 Å². The van der Waals surface area contributed by atoms with E-state index < -0.39 is 0 Å². The van der Waals surface area contributed by atoms with Gasteiger partial charge in [-0.1, -0.05) is 39.0 Å². The highest BCUT2D eigenvalue weighted by Crippen LogP contribution is 2.24. The van der Waals surface area contributed by atoms with Gasteiger partial charge in [-0.2, -0.15) is 0 Å². The van der Waals surface area contributed by atoms with E-state index in [2.05, 4.69) is 36.8 Å². The predicted octanol–water partition coefficient (Wildman–Crippen LogP) is 3.51. The average Bonchev–Trinajstić information content (AvgIpc) is 2.38. The third-order valence-corrected chi connectivity index (χ3v) is 3.38. The fraction of sp³-hybridized carbons (Fsp3) is 0.353. The molecular weight excluding hydrogens is 248 g/mol. The van der Waals surface area contributed by atoms with Crippen LogP contribution in [0.4, 0.5) is 0 Å². The van der Waals surface area contributed by atoms with Crippen LogP contribution in [0.25, 0.3) is 0 Å². The molecule has 0 saturated heterocycles. The van der Waals surface area contributed by atoms with Gasteiger partial charge in [0.05, 0.1) is 12.1 Å². The molecule has 0 N–H and O–H groups in total. The molecule has 0 bridgehead atoms. The predicted molar refractivity (Wildman–Crippen MR) is 79.9 cm³/mol. The zero-order chi connectivity index (χ0) is 14.8. The number of ketones is 1. The van der Waals surface area contributed by atoms with Gasteiger partial charge in [-0.25, -0.2) is 9.97 Å². The molecule has 3 heteroatoms. The Hall–Kier alpha value is -2.03. The summed E-state index contributed by atoms with van der Waals surface area (Å²) in [7, 11) is 0. The summed E-state index contributed by atoms with van der Waals surface area (Å²) in [6.45, 7) is 8.50. The van der Waals surface area contributed by atoms with Crippen molar-refractivity contribution in [3.63, 3.8) is 0 Å². The Labute approximate surface area is 120 Å². The number of aromatic nitrogens is 2. The van der Waals surface area contributed by atoms with Crippen LogP contribution in [0.3, 0.4) is 0 Å². The number of benzene rings is 1. The Balaban J connectivity index is 2.23. The SMILES string of the molecule is Cc1cc(C(C)(C)C)ccc1C(=O)Cc1ccncn1. The van der Waals surface area contributed by atoms with Crippen LogP contribution in [0.15, 0.2) is 36.8 Å². The lowest BCUT2D eigenvalue weighted by molar-refractivity contribution is 0.0991. The van der Waals surface area contributed by atoms with E-state index in [0.29, 0.717) is 6.42 Å². The van der Waals surface area contributed by atoms with Crippen molar-refractivity contribution >= 4 is 5.78 Å². The van der Waals surface area contributed by atoms with E-state index in [9.17, 15) is 4.79 Å². The van der Waals surface area contributed by atoms with Gasteiger partial charge in [-0.05, 0) is 29.5 Å². The van der Waals surface area contributed by atoms with Gasteiger partial charge in [-0.15, -0.1) is 0 Å². The van der Waals surface area contributed by atoms with Crippen LogP contribution in [0.2, 0.25) is 0 Å². The first kappa shape index (κ1) is 14.4. The number of hydrogen-bond acceptors (Lipinski definition) is 3. The van der Waals surface area contributed by atoms with E-state index in [1.54, 1.807) is 12.3 Å². The lowest BCUT2D eigenvalue weighted by Gasteiger charge is -2.20. The standard InChI is InChI=1S/C17H20N2O/c1-12-9-13(17(2,3)4)5-6-15(12)16(20)10-14-7-8-18-11-19-14/h5-9,11H,10H2,1-4H3. The van der Waals surface area contributed by atoms with Crippen molar-refractivity contribution in [3.8, 4) is 0 Å². The Bertz CT molecular complexity index is 613. The number of carbonyl (C=O) groups is 1. The van der Waals surface area contributed by atoms with Gasteiger partial charge in [0.1, 0.15) is 6.33 Å². The van der Waals surface area contributed by atoms with Gasteiger partial charge in [0, 0.05) is 11.8 Å². The van der Waals surface area contributed by atoms with Gasteiger partial charge in [0.2, 0.25) is 0 Å². The Kier molecular flexibility index (Phi) is 3.98. The van der Waals surface area contributed by atoms with Crippen molar-refractivity contribution in [2.45, 2.75) is 39.5 Å². The molecule has 0 spiro atoms. The Morgan fingerprint density at radius 2 is 1.95 bits per heavy atom. The molecule has 1 heterocycles. The lowest BCUT2D eigenvalue weighted by Crippen LogP contribution is -2.13. The van der Waals surface area contributed by atoms with Crippen molar-refractivity contribution < 1.29 is 4.79 Å². The van der Waals surface area contributed by atoms with Crippen molar-refractivity contribution in [2.24, 2.45) is 0 Å². The second-order valence-electron chi connectivity index (χ2n) is 6.08. The largest absolute Gasteiger partial charge is 0.294 e. The molecule has 0 atom stereocenters. The van der Waals surface area contributed by atoms with Crippen LogP contribution in [0.5, 0.6) is 0 Å². The molecule has 0 aliphatic carbocycles. The quantitative estimate of drug-likeness (QED) is 0.800. The second-order valence-corrected chi connectivity index (χ2v) is 6.08. The first-order valence-corrected chi connectivity index (χ1v) is 6.77. The van der Waals surface area contributed by atoms with E-state index in [1.807, 2.05) is 19.1 Å². The van der Waals surface area contributed by atoms with E-state index >= 15 is 0 Å². The highest BCUT2D eigenvalue weighted by Gasteiger charge is 2.17. The fourth-order valence-corrected chi connectivity index (χ4v) is 2.13. The minimum atomic E-state index is 0.0962. The van der Waals surface area contributed by atoms with E-state index in [4.69, 9.17) is 0 Å². The minimum Gasteiger partial charge on any atom is -0.294 e. The maximum atomic E-state index is 12.3. The highest BCUT2D eigenvalue weighted by molar-refractivity contribution is 5.98. The van der Waals surface area contributed by atoms with Gasteiger partial charge in [-0.3, -0.25) is 4.79 Å². The van der Waals surface area contributed by atoms with Crippen LogP contribution in [0.1, 0.15) is 48.0 Å². The minimum absolute atomic E-state index is 0.0962. The van der Waals surface area contributed by atoms with Crippen LogP contribution < -0.4 is 0 Å². The van der Waals surface area contributed by atoms with Gasteiger partial charge in [0.25, 0.3) is 0 Å². The maximum Gasteiger partial charge on any atom is 0.169 e. The number of hydrogen-bond donors (Lipinski definition) is 0. The van der Waals surface area contributed by atoms with Crippen LogP contribution in [0, 0.1) is 6.92 Å². The highest BCUT2D eigenvalue weighted by atomic mass is 16.1. The lowest BCUT2D eigenvalue weighted by atomic mass is 9.85. The molecule has 0 aliphatic rings. The third-order valence-electron chi connectivity index (χ3n) is 3.38. The average molecular weight is 268 g/mol. The molecule has 0 fully saturated rings. The Morgan fingerprint density at radius 3 is 2.50 bits per heavy atom. The monoisotopic (exact) mass is 268 g/mol. The summed E-state index contributed by atoms with van der Waals surface area (Å²) >= 11 is 0. The number of carbonyl (C=O) groups excluding carboxylic acids is 1. The zero-order valence-corrected chi connectivity index (χ0v) is 12.5. The molecule has 3 nitrogen and oxygen atoms in total. The molecule has 2 aromatic rings. The molecule has 0 radical (unpaired) electrons. The molecule has 20 heavy (non-hydrogen) atoms. The molecule has 104 valence electrons. The van der Waals surface area contributed by atoms with Crippen LogP contribution in [-0.2, 0) is 11.8 Å². The normalized spacial score (nSPS) is 11.4. The van der Waals surface area contributed by atoms with Gasteiger partial charge >= 0.3 is 0 Å². The smallest absolute Gasteiger partial charge is 0.169 e. The molecule has 0 saturated carbocycles. The summed E-state index contributed by atoms with van der Waals surface area (Å²) in [5.41, 5.74) is 3.89. The fourth-order valence-electron chi connectivity index (χ4n) is 2.13. The molecule has 1 aromatic carbocycles. The first-order chi connectivity index (χ1) is 9.38. The second kappa shape index (κ2) is 5.53. The summed E-state index contributed by atoms with van der Waals surface area (Å²) in [6.07, 6.45) is 3.45. The number of aryl methyl sites for hydroxylation is 1. The summed E-state index contributed by atoms with van der Waals surface area (Å²) < 4.78 is 0. The van der Waals surface area contributed by atoms with E-state index in [-0.39, 0.29) is 11.2 Å². The number of rotatable bonds is 3. The summed E-state index contributed by atoms with van der Waals surface area (Å²) in [5, 5.41) is 0. The summed E-state index contributed by atoms with van der Waals surface area (Å²) in [4.78, 5) is 20.3. The number of Topliss-reactive ketones (excluding diaryl/α,β-unsaturated/α-hetero) is 1. The van der Waals surface area contributed by atoms with Crippen molar-refractivity contribution in [3.05, 3.63) is 59.2 Å². The third kappa shape index (κ3) is 3.29. The maximum absolute atomic E-state index is 12.3. The zero-order valence-electron chi connectivity index (χ0n) is 12.5. The first-order valence-electron chi connectivity index (χ1n) is 6.77. The van der Waals surface area contributed by atoms with E-state index in [0.717, 1.165) is 16.8 Å². The topological polar surface area (TPSA) is 42.9 Å². The molecule has 1 aromatic heterocycles. The van der Waals surface area contributed by atoms with Crippen molar-refractivity contribution in [2.75, 3.05) is 0 Å². The molecule has 0 unspecified atom stereocenters. The summed E-state index contributed by atoms with van der Waals surface area (Å²) in [6, 6.07) is 7.85.